The third-order valence-electron chi connectivity index (χ3n) is 3.40. The highest BCUT2D eigenvalue weighted by Gasteiger charge is 2.21. The number of nitrogens with zero attached hydrogens (tertiary/aromatic N) is 2. The number of thioether (sulfide) groups is 1. The third kappa shape index (κ3) is 2.14. The molecular weight excluding hydrogens is 258 g/mol. The van der Waals surface area contributed by atoms with E-state index in [1.54, 1.807) is 18.9 Å². The number of hydrogen-bond acceptors (Lipinski definition) is 5. The van der Waals surface area contributed by atoms with Crippen molar-refractivity contribution in [3.63, 3.8) is 0 Å². The Labute approximate surface area is 116 Å². The van der Waals surface area contributed by atoms with E-state index in [9.17, 15) is 0 Å². The van der Waals surface area contributed by atoms with Crippen LogP contribution in [-0.4, -0.2) is 23.3 Å². The minimum absolute atomic E-state index is 0.361. The molecule has 19 heavy (non-hydrogen) atoms. The summed E-state index contributed by atoms with van der Waals surface area (Å²) in [5, 5.41) is 0.982. The molecule has 1 aromatic heterocycles. The van der Waals surface area contributed by atoms with Gasteiger partial charge in [0.2, 0.25) is 5.95 Å². The van der Waals surface area contributed by atoms with Crippen LogP contribution in [0.4, 0.5) is 5.95 Å². The standard InChI is InChI=1S/C14H15N3OS/c1-18-10-4-3-8-7-12-11(6-9(8)5-10)13(19-2)17-14(15)16-12/h3-5H,6-7H2,1-2H3,(H2,15,16,17). The highest BCUT2D eigenvalue weighted by Crippen LogP contribution is 2.33. The van der Waals surface area contributed by atoms with Crippen LogP contribution in [0.25, 0.3) is 0 Å². The van der Waals surface area contributed by atoms with Crippen LogP contribution in [0.15, 0.2) is 23.2 Å². The number of benzene rings is 1. The molecule has 0 saturated heterocycles. The van der Waals surface area contributed by atoms with Crippen LogP contribution in [0.5, 0.6) is 5.75 Å². The highest BCUT2D eigenvalue weighted by atomic mass is 32.2. The molecule has 2 aromatic rings. The van der Waals surface area contributed by atoms with Crippen LogP contribution in [0.3, 0.4) is 0 Å². The predicted molar refractivity (Wildman–Crippen MR) is 76.8 cm³/mol. The summed E-state index contributed by atoms with van der Waals surface area (Å²) in [7, 11) is 1.69. The molecule has 0 atom stereocenters. The van der Waals surface area contributed by atoms with Gasteiger partial charge in [-0.1, -0.05) is 6.07 Å². The molecule has 0 radical (unpaired) electrons. The first-order valence-electron chi connectivity index (χ1n) is 6.06. The van der Waals surface area contributed by atoms with Gasteiger partial charge in [0.15, 0.2) is 0 Å². The van der Waals surface area contributed by atoms with Gasteiger partial charge in [0.1, 0.15) is 10.8 Å². The Morgan fingerprint density at radius 2 is 2.05 bits per heavy atom. The predicted octanol–water partition coefficient (Wildman–Crippen LogP) is 2.28. The molecule has 0 unspecified atom stereocenters. The van der Waals surface area contributed by atoms with E-state index in [0.717, 1.165) is 29.3 Å². The molecule has 4 nitrogen and oxygen atoms in total. The average molecular weight is 273 g/mol. The monoisotopic (exact) mass is 273 g/mol. The molecule has 1 aliphatic rings. The van der Waals surface area contributed by atoms with Crippen molar-refractivity contribution in [2.45, 2.75) is 17.9 Å². The van der Waals surface area contributed by atoms with Gasteiger partial charge in [-0.15, -0.1) is 11.8 Å². The van der Waals surface area contributed by atoms with Gasteiger partial charge in [0.05, 0.1) is 12.8 Å². The van der Waals surface area contributed by atoms with Gasteiger partial charge in [-0.3, -0.25) is 0 Å². The van der Waals surface area contributed by atoms with Crippen molar-refractivity contribution in [2.75, 3.05) is 19.1 Å². The molecule has 0 amide bonds. The number of hydrogen-bond donors (Lipinski definition) is 1. The average Bonchev–Trinajstić information content (AvgIpc) is 2.43. The van der Waals surface area contributed by atoms with Crippen molar-refractivity contribution in [1.82, 2.24) is 9.97 Å². The topological polar surface area (TPSA) is 61.0 Å². The van der Waals surface area contributed by atoms with Crippen molar-refractivity contribution >= 4 is 17.7 Å². The van der Waals surface area contributed by atoms with Gasteiger partial charge in [-0.25, -0.2) is 9.97 Å². The second-order valence-electron chi connectivity index (χ2n) is 4.50. The fourth-order valence-electron chi connectivity index (χ4n) is 2.46. The van der Waals surface area contributed by atoms with Gasteiger partial charge >= 0.3 is 0 Å². The zero-order chi connectivity index (χ0) is 13.4. The van der Waals surface area contributed by atoms with Crippen molar-refractivity contribution in [3.8, 4) is 5.75 Å². The summed E-state index contributed by atoms with van der Waals surface area (Å²) in [5.74, 6) is 1.25. The molecule has 0 spiro atoms. The SMILES string of the molecule is COc1ccc2c(c1)Cc1c(nc(N)nc1SC)C2. The van der Waals surface area contributed by atoms with Crippen LogP contribution >= 0.6 is 11.8 Å². The lowest BCUT2D eigenvalue weighted by Crippen LogP contribution is -2.13. The maximum atomic E-state index is 5.77. The first-order chi connectivity index (χ1) is 9.21. The minimum Gasteiger partial charge on any atom is -0.497 e. The Kier molecular flexibility index (Phi) is 3.06. The highest BCUT2D eigenvalue weighted by molar-refractivity contribution is 7.98. The summed E-state index contributed by atoms with van der Waals surface area (Å²) in [5.41, 5.74) is 10.6. The summed E-state index contributed by atoms with van der Waals surface area (Å²) >= 11 is 1.62. The van der Waals surface area contributed by atoms with Crippen LogP contribution in [0.1, 0.15) is 22.4 Å². The van der Waals surface area contributed by atoms with Gasteiger partial charge in [-0.05, 0) is 29.5 Å². The fraction of sp³-hybridized carbons (Fsp3) is 0.286. The fourth-order valence-corrected chi connectivity index (χ4v) is 3.08. The maximum Gasteiger partial charge on any atom is 0.221 e. The Morgan fingerprint density at radius 1 is 1.21 bits per heavy atom. The second kappa shape index (κ2) is 4.74. The summed E-state index contributed by atoms with van der Waals surface area (Å²) in [6.45, 7) is 0. The number of anilines is 1. The molecule has 1 aromatic carbocycles. The molecule has 0 fully saturated rings. The summed E-state index contributed by atoms with van der Waals surface area (Å²) < 4.78 is 5.29. The van der Waals surface area contributed by atoms with E-state index in [2.05, 4.69) is 22.1 Å². The van der Waals surface area contributed by atoms with Gasteiger partial charge in [-0.2, -0.15) is 0 Å². The van der Waals surface area contributed by atoms with Crippen LogP contribution < -0.4 is 10.5 Å². The molecule has 2 N–H and O–H groups in total. The van der Waals surface area contributed by atoms with Crippen LogP contribution in [0, 0.1) is 0 Å². The quantitative estimate of drug-likeness (QED) is 0.573. The number of rotatable bonds is 2. The first kappa shape index (κ1) is 12.3. The number of fused-ring (bicyclic) bond motifs is 2. The summed E-state index contributed by atoms with van der Waals surface area (Å²) in [6.07, 6.45) is 3.68. The number of nitrogen functional groups attached to an aromatic ring is 1. The Balaban J connectivity index is 2.09. The molecule has 0 saturated carbocycles. The Bertz CT molecular complexity index is 643. The Morgan fingerprint density at radius 3 is 2.79 bits per heavy atom. The number of aromatic nitrogens is 2. The lowest BCUT2D eigenvalue weighted by molar-refractivity contribution is 0.414. The van der Waals surface area contributed by atoms with Crippen molar-refractivity contribution < 1.29 is 4.74 Å². The van der Waals surface area contributed by atoms with Crippen molar-refractivity contribution in [2.24, 2.45) is 0 Å². The maximum absolute atomic E-state index is 5.77. The zero-order valence-corrected chi connectivity index (χ0v) is 11.8. The van der Waals surface area contributed by atoms with E-state index < -0.39 is 0 Å². The largest absolute Gasteiger partial charge is 0.497 e. The van der Waals surface area contributed by atoms with E-state index >= 15 is 0 Å². The molecule has 98 valence electrons. The van der Waals surface area contributed by atoms with Crippen LogP contribution in [-0.2, 0) is 12.8 Å². The molecule has 1 aliphatic carbocycles. The number of nitrogens with two attached hydrogens (primary N) is 1. The second-order valence-corrected chi connectivity index (χ2v) is 5.30. The van der Waals surface area contributed by atoms with E-state index in [1.807, 2.05) is 12.3 Å². The molecular formula is C14H15N3OS. The molecule has 0 aliphatic heterocycles. The molecule has 0 bridgehead atoms. The van der Waals surface area contributed by atoms with E-state index in [1.165, 1.54) is 16.7 Å². The van der Waals surface area contributed by atoms with E-state index in [4.69, 9.17) is 10.5 Å². The first-order valence-corrected chi connectivity index (χ1v) is 7.28. The van der Waals surface area contributed by atoms with Crippen molar-refractivity contribution in [3.05, 3.63) is 40.6 Å². The lowest BCUT2D eigenvalue weighted by Gasteiger charge is -2.21. The third-order valence-corrected chi connectivity index (χ3v) is 4.13. The van der Waals surface area contributed by atoms with Crippen molar-refractivity contribution in [1.29, 1.82) is 0 Å². The molecule has 5 heteroatoms. The minimum atomic E-state index is 0.361. The summed E-state index contributed by atoms with van der Waals surface area (Å²) in [4.78, 5) is 8.70. The van der Waals surface area contributed by atoms with Gasteiger partial charge in [0.25, 0.3) is 0 Å². The van der Waals surface area contributed by atoms with E-state index in [0.29, 0.717) is 5.95 Å². The number of methoxy groups -OCH3 is 1. The zero-order valence-electron chi connectivity index (χ0n) is 10.9. The molecule has 1 heterocycles. The number of ether oxygens (including phenoxy) is 1. The summed E-state index contributed by atoms with van der Waals surface area (Å²) in [6, 6.07) is 6.19. The van der Waals surface area contributed by atoms with Crippen LogP contribution in [0.2, 0.25) is 0 Å². The van der Waals surface area contributed by atoms with Gasteiger partial charge < -0.3 is 10.5 Å². The smallest absolute Gasteiger partial charge is 0.221 e. The normalized spacial score (nSPS) is 12.7. The Hall–Kier alpha value is -1.75. The molecule has 3 rings (SSSR count). The lowest BCUT2D eigenvalue weighted by atomic mass is 9.89. The van der Waals surface area contributed by atoms with E-state index in [-0.39, 0.29) is 0 Å². The van der Waals surface area contributed by atoms with Gasteiger partial charge in [0, 0.05) is 18.4 Å².